The van der Waals surface area contributed by atoms with Crippen molar-refractivity contribution in [3.63, 3.8) is 0 Å². The third-order valence-corrected chi connectivity index (χ3v) is 7.87. The van der Waals surface area contributed by atoms with E-state index in [2.05, 4.69) is 13.8 Å². The van der Waals surface area contributed by atoms with Crippen LogP contribution in [0.5, 0.6) is 0 Å². The summed E-state index contributed by atoms with van der Waals surface area (Å²) in [5.74, 6) is -1.61. The maximum Gasteiger partial charge on any atom is 0.170 e. The van der Waals surface area contributed by atoms with Crippen LogP contribution in [0.1, 0.15) is 174 Å². The molecule has 222 valence electrons. The molecule has 4 atom stereocenters. The van der Waals surface area contributed by atoms with Gasteiger partial charge in [0.15, 0.2) is 5.78 Å². The van der Waals surface area contributed by atoms with Gasteiger partial charge in [0.25, 0.3) is 0 Å². The monoisotopic (exact) mass is 527 g/mol. The van der Waals surface area contributed by atoms with E-state index in [4.69, 9.17) is 5.73 Å². The summed E-state index contributed by atoms with van der Waals surface area (Å²) in [6, 6.07) is 0. The number of ketones is 1. The third-order valence-electron chi connectivity index (χ3n) is 7.87. The molecule has 0 aromatic rings. The maximum atomic E-state index is 12.7. The van der Waals surface area contributed by atoms with E-state index in [0.717, 1.165) is 38.5 Å². The highest BCUT2D eigenvalue weighted by molar-refractivity contribution is 5.86. The van der Waals surface area contributed by atoms with Gasteiger partial charge in [-0.3, -0.25) is 4.79 Å². The van der Waals surface area contributed by atoms with E-state index >= 15 is 0 Å². The van der Waals surface area contributed by atoms with Crippen molar-refractivity contribution in [1.29, 1.82) is 0 Å². The van der Waals surface area contributed by atoms with Crippen molar-refractivity contribution in [3.8, 4) is 0 Å². The predicted molar refractivity (Wildman–Crippen MR) is 157 cm³/mol. The Balaban J connectivity index is 3.89. The topological polar surface area (TPSA) is 104 Å². The van der Waals surface area contributed by atoms with E-state index in [1.807, 2.05) is 0 Å². The lowest BCUT2D eigenvalue weighted by molar-refractivity contribution is -0.140. The van der Waals surface area contributed by atoms with Gasteiger partial charge in [0.2, 0.25) is 0 Å². The first-order chi connectivity index (χ1) is 18.0. The van der Waals surface area contributed by atoms with Crippen LogP contribution in [0.2, 0.25) is 0 Å². The lowest BCUT2D eigenvalue weighted by Crippen LogP contribution is -2.47. The van der Waals surface area contributed by atoms with Crippen LogP contribution in [0, 0.1) is 5.92 Å². The minimum Gasteiger partial charge on any atom is -0.392 e. The summed E-state index contributed by atoms with van der Waals surface area (Å²) in [5, 5.41) is 30.9. The quantitative estimate of drug-likeness (QED) is 0.0583. The molecule has 37 heavy (non-hydrogen) atoms. The molecule has 5 N–H and O–H groups in total. The first kappa shape index (κ1) is 36.5. The average molecular weight is 528 g/mol. The zero-order valence-corrected chi connectivity index (χ0v) is 24.8. The molecule has 4 unspecified atom stereocenters. The minimum absolute atomic E-state index is 0.380. The fourth-order valence-electron chi connectivity index (χ4n) is 5.33. The van der Waals surface area contributed by atoms with Crippen LogP contribution in [0.4, 0.5) is 0 Å². The molecule has 0 fully saturated rings. The van der Waals surface area contributed by atoms with E-state index in [1.165, 1.54) is 109 Å². The summed E-state index contributed by atoms with van der Waals surface area (Å²) in [4.78, 5) is 12.7. The van der Waals surface area contributed by atoms with E-state index < -0.39 is 30.1 Å². The van der Waals surface area contributed by atoms with Gasteiger partial charge in [-0.05, 0) is 12.8 Å². The molecular weight excluding hydrogens is 462 g/mol. The molecule has 5 heteroatoms. The molecular formula is C32H65NO4. The Morgan fingerprint density at radius 2 is 0.811 bits per heavy atom. The summed E-state index contributed by atoms with van der Waals surface area (Å²) in [7, 11) is 0. The van der Waals surface area contributed by atoms with Gasteiger partial charge in [-0.15, -0.1) is 0 Å². The first-order valence-corrected chi connectivity index (χ1v) is 16.3. The normalized spacial score (nSPS) is 15.0. The number of carbonyl (C=O) groups excluding carboxylic acids is 1. The number of carbonyl (C=O) groups is 1. The third kappa shape index (κ3) is 22.1. The highest BCUT2D eigenvalue weighted by Gasteiger charge is 2.34. The number of aliphatic hydroxyl groups is 3. The standard InChI is InChI=1S/C32H65NO4/c1-3-5-7-9-11-13-15-17-19-21-23-25-27-29(35)31(36)30(32(33)37)28(34)26-24-22-20-18-16-14-12-10-8-6-4-2/h28-30,32,34-35,37H,3-27,33H2,1-2H3. The van der Waals surface area contributed by atoms with Crippen LogP contribution in [0.3, 0.4) is 0 Å². The molecule has 0 aliphatic rings. The Kier molecular flexibility index (Phi) is 26.7. The molecule has 0 aromatic carbocycles. The van der Waals surface area contributed by atoms with Gasteiger partial charge in [0.05, 0.1) is 12.0 Å². The smallest absolute Gasteiger partial charge is 0.170 e. The van der Waals surface area contributed by atoms with Crippen LogP contribution in [0.25, 0.3) is 0 Å². The molecule has 0 aliphatic heterocycles. The summed E-state index contributed by atoms with van der Waals surface area (Å²) in [5.41, 5.74) is 5.64. The number of hydrogen-bond donors (Lipinski definition) is 4. The predicted octanol–water partition coefficient (Wildman–Crippen LogP) is 7.96. The minimum atomic E-state index is -1.44. The van der Waals surface area contributed by atoms with E-state index in [-0.39, 0.29) is 0 Å². The number of rotatable bonds is 29. The zero-order valence-electron chi connectivity index (χ0n) is 24.8. The number of Topliss-reactive ketones (excluding diaryl/α,β-unsaturated/α-hetero) is 1. The van der Waals surface area contributed by atoms with Crippen molar-refractivity contribution < 1.29 is 20.1 Å². The van der Waals surface area contributed by atoms with Gasteiger partial charge in [-0.1, -0.05) is 162 Å². The second-order valence-electron chi connectivity index (χ2n) is 11.5. The molecule has 0 aromatic heterocycles. The largest absolute Gasteiger partial charge is 0.392 e. The van der Waals surface area contributed by atoms with Crippen molar-refractivity contribution in [1.82, 2.24) is 0 Å². The van der Waals surface area contributed by atoms with E-state index in [1.54, 1.807) is 0 Å². The Morgan fingerprint density at radius 3 is 1.14 bits per heavy atom. The molecule has 0 bridgehead atoms. The molecule has 0 saturated carbocycles. The average Bonchev–Trinajstić information content (AvgIpc) is 2.87. The molecule has 0 saturated heterocycles. The number of unbranched alkanes of at least 4 members (excludes halogenated alkanes) is 21. The van der Waals surface area contributed by atoms with Gasteiger partial charge in [0.1, 0.15) is 12.3 Å². The van der Waals surface area contributed by atoms with E-state index in [0.29, 0.717) is 12.8 Å². The van der Waals surface area contributed by atoms with Gasteiger partial charge in [-0.25, -0.2) is 0 Å². The van der Waals surface area contributed by atoms with E-state index in [9.17, 15) is 20.1 Å². The SMILES string of the molecule is CCCCCCCCCCCCCCC(O)C(=O)C(C(N)O)C(O)CCCCCCCCCCCCC. The second-order valence-corrected chi connectivity index (χ2v) is 11.5. The molecule has 5 nitrogen and oxygen atoms in total. The Bertz CT molecular complexity index is 485. The Morgan fingerprint density at radius 1 is 0.514 bits per heavy atom. The van der Waals surface area contributed by atoms with Crippen LogP contribution >= 0.6 is 0 Å². The molecule has 0 spiro atoms. The van der Waals surface area contributed by atoms with Crippen molar-refractivity contribution in [2.45, 2.75) is 193 Å². The molecule has 0 amide bonds. The fourth-order valence-corrected chi connectivity index (χ4v) is 5.33. The lowest BCUT2D eigenvalue weighted by Gasteiger charge is -2.26. The van der Waals surface area contributed by atoms with Crippen molar-refractivity contribution in [2.24, 2.45) is 11.7 Å². The molecule has 0 aliphatic carbocycles. The molecule has 0 heterocycles. The van der Waals surface area contributed by atoms with Crippen molar-refractivity contribution in [3.05, 3.63) is 0 Å². The summed E-state index contributed by atoms with van der Waals surface area (Å²) in [6.45, 7) is 4.49. The van der Waals surface area contributed by atoms with Crippen molar-refractivity contribution >= 4 is 5.78 Å². The highest BCUT2D eigenvalue weighted by Crippen LogP contribution is 2.20. The molecule has 0 radical (unpaired) electrons. The summed E-state index contributed by atoms with van der Waals surface area (Å²) >= 11 is 0. The first-order valence-electron chi connectivity index (χ1n) is 16.3. The number of nitrogens with two attached hydrogens (primary N) is 1. The van der Waals surface area contributed by atoms with Gasteiger partial charge >= 0.3 is 0 Å². The molecule has 0 rings (SSSR count). The lowest BCUT2D eigenvalue weighted by atomic mass is 9.87. The maximum absolute atomic E-state index is 12.7. The Labute approximate surface area is 230 Å². The van der Waals surface area contributed by atoms with Crippen LogP contribution in [-0.2, 0) is 4.79 Å². The summed E-state index contributed by atoms with van der Waals surface area (Å²) in [6.07, 6.45) is 25.4. The number of aliphatic hydroxyl groups excluding tert-OH is 3. The van der Waals surface area contributed by atoms with Crippen LogP contribution in [-0.4, -0.2) is 39.5 Å². The van der Waals surface area contributed by atoms with Crippen LogP contribution in [0.15, 0.2) is 0 Å². The fraction of sp³-hybridized carbons (Fsp3) is 0.969. The Hall–Kier alpha value is -0.490. The van der Waals surface area contributed by atoms with Gasteiger partial charge in [0, 0.05) is 0 Å². The summed E-state index contributed by atoms with van der Waals surface area (Å²) < 4.78 is 0. The van der Waals surface area contributed by atoms with Crippen molar-refractivity contribution in [2.75, 3.05) is 0 Å². The van der Waals surface area contributed by atoms with Gasteiger partial charge in [-0.2, -0.15) is 0 Å². The highest BCUT2D eigenvalue weighted by atomic mass is 16.3. The second kappa shape index (κ2) is 27.1. The van der Waals surface area contributed by atoms with Gasteiger partial charge < -0.3 is 21.1 Å². The zero-order chi connectivity index (χ0) is 27.6. The number of hydrogen-bond acceptors (Lipinski definition) is 5. The van der Waals surface area contributed by atoms with Crippen LogP contribution < -0.4 is 5.73 Å².